The fourth-order valence-electron chi connectivity index (χ4n) is 4.95. The predicted molar refractivity (Wildman–Crippen MR) is 139 cm³/mol. The van der Waals surface area contributed by atoms with Crippen molar-refractivity contribution in [3.8, 4) is 51.4 Å². The van der Waals surface area contributed by atoms with Crippen LogP contribution in [0.5, 0.6) is 40.2 Å². The average Bonchev–Trinajstić information content (AvgIpc) is 2.87. The second-order valence-electron chi connectivity index (χ2n) is 9.58. The fraction of sp³-hybridized carbons (Fsp3) is 0.269. The molecule has 0 aromatic heterocycles. The topological polar surface area (TPSA) is 203 Å². The Morgan fingerprint density at radius 3 is 2.21 bits per heavy atom. The van der Waals surface area contributed by atoms with E-state index in [0.29, 0.717) is 17.7 Å². The van der Waals surface area contributed by atoms with Crippen molar-refractivity contribution in [3.05, 3.63) is 46.0 Å². The molecule has 202 valence electrons. The molecule has 0 heterocycles. The zero-order chi connectivity index (χ0) is 28.1. The minimum Gasteiger partial charge on any atom is -0.505 e. The predicted octanol–water partition coefficient (Wildman–Crippen LogP) is 3.72. The first-order valence-electron chi connectivity index (χ1n) is 11.5. The summed E-state index contributed by atoms with van der Waals surface area (Å²) >= 11 is 6.18. The average molecular weight is 547 g/mol. The van der Waals surface area contributed by atoms with Crippen LogP contribution in [0.25, 0.3) is 11.1 Å². The molecule has 3 aromatic carbocycles. The number of carboxylic acid groups (broad SMARTS) is 1. The minimum absolute atomic E-state index is 0.0130. The number of hydrogen-bond donors (Lipinski definition) is 10. The van der Waals surface area contributed by atoms with Crippen molar-refractivity contribution in [2.75, 3.05) is 25.0 Å². The Bertz CT molecular complexity index is 1460. The third-order valence-corrected chi connectivity index (χ3v) is 7.38. The zero-order valence-corrected chi connectivity index (χ0v) is 21.1. The quantitative estimate of drug-likeness (QED) is 0.112. The molecule has 0 amide bonds. The number of carboxylic acids is 1. The van der Waals surface area contributed by atoms with Crippen LogP contribution in [0.2, 0.25) is 5.02 Å². The van der Waals surface area contributed by atoms with Gasteiger partial charge in [-0.2, -0.15) is 0 Å². The van der Waals surface area contributed by atoms with Gasteiger partial charge < -0.3 is 51.5 Å². The Morgan fingerprint density at radius 2 is 1.55 bits per heavy atom. The highest BCUT2D eigenvalue weighted by Gasteiger charge is 2.49. The van der Waals surface area contributed by atoms with Crippen LogP contribution in [0, 0.1) is 0 Å². The largest absolute Gasteiger partial charge is 0.505 e. The number of aromatic hydroxyl groups is 7. The highest BCUT2D eigenvalue weighted by molar-refractivity contribution is 6.33. The van der Waals surface area contributed by atoms with Gasteiger partial charge in [-0.3, -0.25) is 0 Å². The van der Waals surface area contributed by atoms with E-state index in [1.54, 1.807) is 0 Å². The molecule has 1 atom stereocenters. The number of nitrogens with one attached hydrogen (secondary N) is 2. The van der Waals surface area contributed by atoms with E-state index in [4.69, 9.17) is 11.6 Å². The summed E-state index contributed by atoms with van der Waals surface area (Å²) in [7, 11) is 0. The second kappa shape index (κ2) is 9.58. The molecular weight excluding hydrogens is 520 g/mol. The number of carbonyl (C=O) groups is 1. The number of anilines is 1. The highest BCUT2D eigenvalue weighted by Crippen LogP contribution is 2.62. The Morgan fingerprint density at radius 1 is 0.895 bits per heavy atom. The van der Waals surface area contributed by atoms with Crippen LogP contribution in [0.3, 0.4) is 0 Å². The molecule has 1 aliphatic rings. The van der Waals surface area contributed by atoms with Gasteiger partial charge in [0.1, 0.15) is 5.69 Å². The van der Waals surface area contributed by atoms with Gasteiger partial charge in [0.25, 0.3) is 0 Å². The minimum atomic E-state index is -1.22. The fourth-order valence-corrected chi connectivity index (χ4v) is 5.39. The molecule has 11 nitrogen and oxygen atoms in total. The second-order valence-corrected chi connectivity index (χ2v) is 9.96. The smallest absolute Gasteiger partial charge is 0.335 e. The summed E-state index contributed by atoms with van der Waals surface area (Å²) in [5.74, 6) is -6.25. The Labute approximate surface area is 221 Å². The summed E-state index contributed by atoms with van der Waals surface area (Å²) in [4.78, 5) is 11.3. The van der Waals surface area contributed by atoms with Gasteiger partial charge in [-0.15, -0.1) is 0 Å². The number of hydrogen-bond acceptors (Lipinski definition) is 10. The molecule has 3 aromatic rings. The van der Waals surface area contributed by atoms with Crippen molar-refractivity contribution in [3.63, 3.8) is 0 Å². The molecule has 38 heavy (non-hydrogen) atoms. The van der Waals surface area contributed by atoms with E-state index in [1.807, 2.05) is 13.8 Å². The van der Waals surface area contributed by atoms with Gasteiger partial charge in [0.05, 0.1) is 16.1 Å². The van der Waals surface area contributed by atoms with Gasteiger partial charge in [-0.1, -0.05) is 37.6 Å². The molecule has 10 N–H and O–H groups in total. The van der Waals surface area contributed by atoms with Gasteiger partial charge in [-0.25, -0.2) is 4.79 Å². The normalized spacial score (nSPS) is 15.5. The number of phenols is 7. The van der Waals surface area contributed by atoms with Gasteiger partial charge in [0.2, 0.25) is 11.5 Å². The summed E-state index contributed by atoms with van der Waals surface area (Å²) in [5.41, 5.74) is -0.0692. The number of phenolic OH excluding ortho intramolecular Hbond substituents is 7. The van der Waals surface area contributed by atoms with E-state index in [0.717, 1.165) is 0 Å². The standard InChI is InChI=1S/C26H27ClN2O9/c1-26(2)12(14-15(26)16(27)21(33)23(35)20(14)32)9-28-6-7-29-17-18(30)13(19(31)24(36)22(17)34)10-4-3-5-11(8-10)25(37)38/h3-5,8,12,28-36H,6-7,9H2,1-2H3,(H,37,38). The van der Waals surface area contributed by atoms with Crippen LogP contribution in [0.1, 0.15) is 41.3 Å². The highest BCUT2D eigenvalue weighted by atomic mass is 35.5. The summed E-state index contributed by atoms with van der Waals surface area (Å²) < 4.78 is 0. The first-order chi connectivity index (χ1) is 17.8. The maximum Gasteiger partial charge on any atom is 0.335 e. The van der Waals surface area contributed by atoms with Crippen molar-refractivity contribution in [2.45, 2.75) is 25.2 Å². The summed E-state index contributed by atoms with van der Waals surface area (Å²) in [6.07, 6.45) is 0. The monoisotopic (exact) mass is 546 g/mol. The summed E-state index contributed by atoms with van der Waals surface area (Å²) in [5, 5.41) is 87.1. The van der Waals surface area contributed by atoms with Gasteiger partial charge >= 0.3 is 5.97 Å². The van der Waals surface area contributed by atoms with E-state index in [-0.39, 0.29) is 46.4 Å². The van der Waals surface area contributed by atoms with E-state index >= 15 is 0 Å². The molecular formula is C26H27ClN2O9. The van der Waals surface area contributed by atoms with E-state index < -0.39 is 51.6 Å². The number of benzene rings is 3. The Hall–Kier alpha value is -4.22. The third kappa shape index (κ3) is 4.09. The molecule has 0 spiro atoms. The molecule has 12 heteroatoms. The van der Waals surface area contributed by atoms with Crippen LogP contribution < -0.4 is 10.6 Å². The molecule has 0 saturated heterocycles. The lowest BCUT2D eigenvalue weighted by Gasteiger charge is -2.48. The molecule has 0 radical (unpaired) electrons. The summed E-state index contributed by atoms with van der Waals surface area (Å²) in [6, 6.07) is 5.37. The third-order valence-electron chi connectivity index (χ3n) is 7.01. The Balaban J connectivity index is 1.49. The molecule has 0 bridgehead atoms. The van der Waals surface area contributed by atoms with Gasteiger partial charge in [0.15, 0.2) is 28.7 Å². The lowest BCUT2D eigenvalue weighted by molar-refractivity contribution is 0.0697. The van der Waals surface area contributed by atoms with E-state index in [9.17, 15) is 45.6 Å². The van der Waals surface area contributed by atoms with Gasteiger partial charge in [-0.05, 0) is 28.7 Å². The number of aromatic carboxylic acids is 1. The van der Waals surface area contributed by atoms with Crippen molar-refractivity contribution in [1.29, 1.82) is 0 Å². The molecule has 0 fully saturated rings. The molecule has 0 aliphatic heterocycles. The lowest BCUT2D eigenvalue weighted by Crippen LogP contribution is -2.44. The van der Waals surface area contributed by atoms with Crippen LogP contribution in [0.15, 0.2) is 24.3 Å². The summed E-state index contributed by atoms with van der Waals surface area (Å²) in [6.45, 7) is 4.54. The van der Waals surface area contributed by atoms with Crippen molar-refractivity contribution < 1.29 is 45.6 Å². The van der Waals surface area contributed by atoms with Crippen LogP contribution in [-0.2, 0) is 5.41 Å². The number of halogens is 1. The maximum absolute atomic E-state index is 11.3. The molecule has 1 unspecified atom stereocenters. The van der Waals surface area contributed by atoms with Crippen LogP contribution >= 0.6 is 11.6 Å². The SMILES string of the molecule is CC1(C)c2c(Cl)c(O)c(O)c(O)c2C1CNCCNc1c(O)c(O)c(O)c(-c2cccc(C(=O)O)c2)c1O. The van der Waals surface area contributed by atoms with Crippen molar-refractivity contribution >= 4 is 23.3 Å². The first kappa shape index (κ1) is 26.8. The van der Waals surface area contributed by atoms with Crippen LogP contribution in [0.4, 0.5) is 5.69 Å². The van der Waals surface area contributed by atoms with E-state index in [1.165, 1.54) is 24.3 Å². The first-order valence-corrected chi connectivity index (χ1v) is 11.9. The molecule has 4 rings (SSSR count). The van der Waals surface area contributed by atoms with Gasteiger partial charge in [0, 0.05) is 31.1 Å². The van der Waals surface area contributed by atoms with Crippen molar-refractivity contribution in [2.24, 2.45) is 0 Å². The lowest BCUT2D eigenvalue weighted by atomic mass is 9.57. The zero-order valence-electron chi connectivity index (χ0n) is 20.4. The Kier molecular flexibility index (Phi) is 6.77. The molecule has 1 aliphatic carbocycles. The number of rotatable bonds is 8. The van der Waals surface area contributed by atoms with E-state index in [2.05, 4.69) is 10.6 Å². The number of fused-ring (bicyclic) bond motifs is 1. The molecule has 0 saturated carbocycles. The van der Waals surface area contributed by atoms with Crippen molar-refractivity contribution in [1.82, 2.24) is 5.32 Å². The maximum atomic E-state index is 11.3. The van der Waals surface area contributed by atoms with Crippen LogP contribution in [-0.4, -0.2) is 66.5 Å².